The van der Waals surface area contributed by atoms with Crippen molar-refractivity contribution in [3.63, 3.8) is 0 Å². The lowest BCUT2D eigenvalue weighted by Crippen LogP contribution is -2.37. The smallest absolute Gasteiger partial charge is 0.315 e. The highest BCUT2D eigenvalue weighted by Gasteiger charge is 2.22. The molecule has 4 nitrogen and oxygen atoms in total. The van der Waals surface area contributed by atoms with Crippen molar-refractivity contribution in [3.05, 3.63) is 35.6 Å². The number of hydrogen-bond donors (Lipinski definition) is 2. The average molecular weight is 286 g/mol. The summed E-state index contributed by atoms with van der Waals surface area (Å²) in [6.45, 7) is 2.81. The Kier molecular flexibility index (Phi) is 4.13. The number of urea groups is 1. The number of rotatable bonds is 6. The molecular formula is C17H22N2O2. The Bertz CT molecular complexity index is 629. The molecule has 2 aromatic rings. The second-order valence-corrected chi connectivity index (χ2v) is 5.77. The van der Waals surface area contributed by atoms with Crippen LogP contribution < -0.4 is 10.6 Å². The van der Waals surface area contributed by atoms with Crippen LogP contribution in [0.15, 0.2) is 28.9 Å². The van der Waals surface area contributed by atoms with Crippen molar-refractivity contribution < 1.29 is 9.21 Å². The standard InChI is InChI=1S/C17H22N2O2/c1-2-3-12-4-7-16-15(10-12)13(11-21-16)8-9-18-17(20)19-14-5-6-14/h4,7,10-11,14H,2-3,5-6,8-9H2,1H3,(H2,18,19,20). The predicted molar refractivity (Wildman–Crippen MR) is 83.5 cm³/mol. The fraction of sp³-hybridized carbons (Fsp3) is 0.471. The highest BCUT2D eigenvalue weighted by Crippen LogP contribution is 2.23. The van der Waals surface area contributed by atoms with E-state index in [4.69, 9.17) is 4.42 Å². The monoisotopic (exact) mass is 286 g/mol. The summed E-state index contributed by atoms with van der Waals surface area (Å²) in [4.78, 5) is 11.6. The maximum absolute atomic E-state index is 11.6. The third-order valence-electron chi connectivity index (χ3n) is 3.85. The molecule has 1 aliphatic carbocycles. The molecule has 0 unspecified atom stereocenters. The minimum Gasteiger partial charge on any atom is -0.464 e. The molecule has 0 atom stereocenters. The number of aryl methyl sites for hydroxylation is 1. The number of furan rings is 1. The van der Waals surface area contributed by atoms with Crippen LogP contribution in [0.5, 0.6) is 0 Å². The SMILES string of the molecule is CCCc1ccc2occ(CCNC(=O)NC3CC3)c2c1. The first-order valence-electron chi connectivity index (χ1n) is 7.79. The molecule has 0 radical (unpaired) electrons. The summed E-state index contributed by atoms with van der Waals surface area (Å²) >= 11 is 0. The maximum Gasteiger partial charge on any atom is 0.315 e. The van der Waals surface area contributed by atoms with Gasteiger partial charge in [-0.05, 0) is 48.9 Å². The lowest BCUT2D eigenvalue weighted by atomic mass is 10.0. The molecule has 0 saturated heterocycles. The second kappa shape index (κ2) is 6.20. The number of carbonyl (C=O) groups is 1. The van der Waals surface area contributed by atoms with Crippen LogP contribution >= 0.6 is 0 Å². The number of hydrogen-bond acceptors (Lipinski definition) is 2. The van der Waals surface area contributed by atoms with E-state index in [0.29, 0.717) is 12.6 Å². The third kappa shape index (κ3) is 3.57. The molecule has 0 bridgehead atoms. The van der Waals surface area contributed by atoms with E-state index in [9.17, 15) is 4.79 Å². The van der Waals surface area contributed by atoms with Gasteiger partial charge in [-0.15, -0.1) is 0 Å². The van der Waals surface area contributed by atoms with Crippen molar-refractivity contribution in [2.45, 2.75) is 45.1 Å². The minimum atomic E-state index is -0.0584. The van der Waals surface area contributed by atoms with Crippen molar-refractivity contribution in [2.24, 2.45) is 0 Å². The van der Waals surface area contributed by atoms with Gasteiger partial charge in [0.25, 0.3) is 0 Å². The predicted octanol–water partition coefficient (Wildman–Crippen LogP) is 3.39. The van der Waals surface area contributed by atoms with Crippen LogP contribution in [0.25, 0.3) is 11.0 Å². The molecule has 1 aromatic carbocycles. The Labute approximate surface area is 124 Å². The van der Waals surface area contributed by atoms with Crippen molar-refractivity contribution in [3.8, 4) is 0 Å². The summed E-state index contributed by atoms with van der Waals surface area (Å²) in [5.41, 5.74) is 3.43. The highest BCUT2D eigenvalue weighted by atomic mass is 16.3. The molecule has 1 aromatic heterocycles. The molecule has 2 amide bonds. The van der Waals surface area contributed by atoms with Gasteiger partial charge in [0.15, 0.2) is 0 Å². The number of amides is 2. The molecule has 1 heterocycles. The summed E-state index contributed by atoms with van der Waals surface area (Å²) in [7, 11) is 0. The summed E-state index contributed by atoms with van der Waals surface area (Å²) in [6.07, 6.45) is 7.05. The van der Waals surface area contributed by atoms with Gasteiger partial charge in [-0.25, -0.2) is 4.79 Å². The van der Waals surface area contributed by atoms with Gasteiger partial charge in [-0.2, -0.15) is 0 Å². The van der Waals surface area contributed by atoms with Crippen molar-refractivity contribution in [1.29, 1.82) is 0 Å². The van der Waals surface area contributed by atoms with E-state index >= 15 is 0 Å². The number of carbonyl (C=O) groups excluding carboxylic acids is 1. The Balaban J connectivity index is 1.60. The molecule has 2 N–H and O–H groups in total. The Morgan fingerprint density at radius 2 is 2.19 bits per heavy atom. The van der Waals surface area contributed by atoms with Crippen LogP contribution in [0.3, 0.4) is 0 Å². The normalized spacial score (nSPS) is 14.3. The van der Waals surface area contributed by atoms with E-state index in [2.05, 4.69) is 29.7 Å². The molecule has 4 heteroatoms. The van der Waals surface area contributed by atoms with Gasteiger partial charge in [-0.1, -0.05) is 19.4 Å². The van der Waals surface area contributed by atoms with Gasteiger partial charge >= 0.3 is 6.03 Å². The van der Waals surface area contributed by atoms with Crippen LogP contribution in [0, 0.1) is 0 Å². The fourth-order valence-corrected chi connectivity index (χ4v) is 2.54. The van der Waals surface area contributed by atoms with Gasteiger partial charge < -0.3 is 15.1 Å². The lowest BCUT2D eigenvalue weighted by Gasteiger charge is -2.06. The van der Waals surface area contributed by atoms with E-state index in [1.807, 2.05) is 6.07 Å². The van der Waals surface area contributed by atoms with Crippen molar-refractivity contribution in [2.75, 3.05) is 6.54 Å². The Morgan fingerprint density at radius 3 is 2.95 bits per heavy atom. The van der Waals surface area contributed by atoms with Crippen LogP contribution in [0.2, 0.25) is 0 Å². The van der Waals surface area contributed by atoms with E-state index < -0.39 is 0 Å². The van der Waals surface area contributed by atoms with E-state index in [0.717, 1.165) is 43.3 Å². The second-order valence-electron chi connectivity index (χ2n) is 5.77. The molecule has 112 valence electrons. The number of benzene rings is 1. The molecule has 0 aliphatic heterocycles. The Morgan fingerprint density at radius 1 is 1.33 bits per heavy atom. The zero-order valence-corrected chi connectivity index (χ0v) is 12.4. The third-order valence-corrected chi connectivity index (χ3v) is 3.85. The average Bonchev–Trinajstić information content (AvgIpc) is 3.19. The van der Waals surface area contributed by atoms with Crippen LogP contribution in [-0.2, 0) is 12.8 Å². The van der Waals surface area contributed by atoms with E-state index in [1.165, 1.54) is 10.9 Å². The van der Waals surface area contributed by atoms with E-state index in [-0.39, 0.29) is 6.03 Å². The van der Waals surface area contributed by atoms with Crippen LogP contribution in [0.4, 0.5) is 4.79 Å². The Hall–Kier alpha value is -1.97. The quantitative estimate of drug-likeness (QED) is 0.855. The molecule has 1 aliphatic rings. The van der Waals surface area contributed by atoms with Gasteiger partial charge in [0.05, 0.1) is 6.26 Å². The molecule has 0 spiro atoms. The van der Waals surface area contributed by atoms with Gasteiger partial charge in [0, 0.05) is 18.0 Å². The molecule has 1 fully saturated rings. The zero-order chi connectivity index (χ0) is 14.7. The van der Waals surface area contributed by atoms with Crippen LogP contribution in [0.1, 0.15) is 37.3 Å². The highest BCUT2D eigenvalue weighted by molar-refractivity contribution is 5.82. The summed E-state index contributed by atoms with van der Waals surface area (Å²) < 4.78 is 5.59. The maximum atomic E-state index is 11.6. The van der Waals surface area contributed by atoms with Crippen molar-refractivity contribution in [1.82, 2.24) is 10.6 Å². The first-order valence-corrected chi connectivity index (χ1v) is 7.79. The molecular weight excluding hydrogens is 264 g/mol. The van der Waals surface area contributed by atoms with Crippen molar-refractivity contribution >= 4 is 17.0 Å². The summed E-state index contributed by atoms with van der Waals surface area (Å²) in [5.74, 6) is 0. The summed E-state index contributed by atoms with van der Waals surface area (Å²) in [6, 6.07) is 6.72. The topological polar surface area (TPSA) is 54.3 Å². The van der Waals surface area contributed by atoms with Gasteiger partial charge in [-0.3, -0.25) is 0 Å². The fourth-order valence-electron chi connectivity index (χ4n) is 2.54. The van der Waals surface area contributed by atoms with Gasteiger partial charge in [0.2, 0.25) is 0 Å². The largest absolute Gasteiger partial charge is 0.464 e. The number of nitrogens with one attached hydrogen (secondary N) is 2. The molecule has 3 rings (SSSR count). The molecule has 1 saturated carbocycles. The summed E-state index contributed by atoms with van der Waals surface area (Å²) in [5, 5.41) is 7.00. The van der Waals surface area contributed by atoms with Gasteiger partial charge in [0.1, 0.15) is 5.58 Å². The van der Waals surface area contributed by atoms with Crippen LogP contribution in [-0.4, -0.2) is 18.6 Å². The minimum absolute atomic E-state index is 0.0584. The first-order chi connectivity index (χ1) is 10.3. The molecule has 21 heavy (non-hydrogen) atoms. The lowest BCUT2D eigenvalue weighted by molar-refractivity contribution is 0.240. The zero-order valence-electron chi connectivity index (χ0n) is 12.4. The number of fused-ring (bicyclic) bond motifs is 1. The van der Waals surface area contributed by atoms with E-state index in [1.54, 1.807) is 6.26 Å². The first kappa shape index (κ1) is 14.0.